The van der Waals surface area contributed by atoms with Gasteiger partial charge in [0.05, 0.1) is 19.8 Å². The molecule has 29 heavy (non-hydrogen) atoms. The van der Waals surface area contributed by atoms with E-state index in [1.807, 2.05) is 31.2 Å². The molecule has 0 spiro atoms. The molecule has 0 saturated heterocycles. The number of methoxy groups -OCH3 is 1. The number of likely N-dealkylation sites (N-methyl/N-ethyl adjacent to an activating group) is 1. The van der Waals surface area contributed by atoms with Crippen LogP contribution in [0.1, 0.15) is 12.5 Å². The van der Waals surface area contributed by atoms with Crippen LogP contribution in [-0.2, 0) is 14.4 Å². The van der Waals surface area contributed by atoms with E-state index >= 15 is 0 Å². The first-order chi connectivity index (χ1) is 13.8. The van der Waals surface area contributed by atoms with E-state index in [2.05, 4.69) is 16.0 Å². The molecule has 0 saturated carbocycles. The van der Waals surface area contributed by atoms with Gasteiger partial charge in [0.15, 0.2) is 13.1 Å². The molecule has 154 valence electrons. The highest BCUT2D eigenvalue weighted by atomic mass is 16.5. The first kappa shape index (κ1) is 21.9. The number of quaternary nitrogens is 1. The normalized spacial score (nSPS) is 11.3. The molecule has 4 N–H and O–H groups in total. The largest absolute Gasteiger partial charge is 0.495 e. The number of benzene rings is 2. The van der Waals surface area contributed by atoms with Crippen LogP contribution in [0.2, 0.25) is 0 Å². The zero-order chi connectivity index (χ0) is 21.4. The van der Waals surface area contributed by atoms with Crippen molar-refractivity contribution in [3.05, 3.63) is 48.0 Å². The van der Waals surface area contributed by atoms with E-state index in [-0.39, 0.29) is 30.8 Å². The summed E-state index contributed by atoms with van der Waals surface area (Å²) in [6.07, 6.45) is 0. The van der Waals surface area contributed by atoms with Gasteiger partial charge < -0.3 is 25.6 Å². The zero-order valence-electron chi connectivity index (χ0n) is 17.1. The molecular formula is C21H27N4O4+. The fourth-order valence-electron chi connectivity index (χ4n) is 2.73. The maximum atomic E-state index is 12.4. The van der Waals surface area contributed by atoms with Crippen molar-refractivity contribution in [2.45, 2.75) is 13.8 Å². The summed E-state index contributed by atoms with van der Waals surface area (Å²) in [6.45, 7) is 3.62. The summed E-state index contributed by atoms with van der Waals surface area (Å²) in [4.78, 5) is 36.5. The summed E-state index contributed by atoms with van der Waals surface area (Å²) in [6, 6.07) is 12.5. The second-order valence-corrected chi connectivity index (χ2v) is 6.87. The molecule has 0 fully saturated rings. The number of rotatable bonds is 8. The summed E-state index contributed by atoms with van der Waals surface area (Å²) in [5.41, 5.74) is 2.82. The monoisotopic (exact) mass is 399 g/mol. The minimum Gasteiger partial charge on any atom is -0.495 e. The highest BCUT2D eigenvalue weighted by Crippen LogP contribution is 2.27. The fourth-order valence-corrected chi connectivity index (χ4v) is 2.73. The average Bonchev–Trinajstić information content (AvgIpc) is 2.63. The Hall–Kier alpha value is -3.39. The first-order valence-electron chi connectivity index (χ1n) is 9.20. The minimum absolute atomic E-state index is 0.0921. The molecule has 0 aliphatic rings. The lowest BCUT2D eigenvalue weighted by molar-refractivity contribution is -0.862. The van der Waals surface area contributed by atoms with Crippen LogP contribution in [0.25, 0.3) is 0 Å². The van der Waals surface area contributed by atoms with E-state index in [9.17, 15) is 14.4 Å². The third-order valence-electron chi connectivity index (χ3n) is 4.05. The Morgan fingerprint density at radius 2 is 1.48 bits per heavy atom. The molecule has 2 rings (SSSR count). The van der Waals surface area contributed by atoms with Crippen molar-refractivity contribution in [2.24, 2.45) is 0 Å². The Kier molecular flexibility index (Phi) is 7.73. The van der Waals surface area contributed by atoms with Gasteiger partial charge in [0, 0.05) is 18.3 Å². The van der Waals surface area contributed by atoms with Crippen molar-refractivity contribution in [3.63, 3.8) is 0 Å². The van der Waals surface area contributed by atoms with Gasteiger partial charge in [-0.05, 0) is 37.3 Å². The molecule has 0 bridgehead atoms. The minimum atomic E-state index is -0.274. The van der Waals surface area contributed by atoms with Gasteiger partial charge in [-0.3, -0.25) is 14.4 Å². The summed E-state index contributed by atoms with van der Waals surface area (Å²) in [5, 5.41) is 8.24. The van der Waals surface area contributed by atoms with E-state index in [1.165, 1.54) is 14.0 Å². The van der Waals surface area contributed by atoms with Gasteiger partial charge >= 0.3 is 0 Å². The van der Waals surface area contributed by atoms with Crippen molar-refractivity contribution >= 4 is 34.8 Å². The second-order valence-electron chi connectivity index (χ2n) is 6.87. The van der Waals surface area contributed by atoms with Gasteiger partial charge in [-0.1, -0.05) is 17.7 Å². The number of nitrogens with one attached hydrogen (secondary N) is 4. The summed E-state index contributed by atoms with van der Waals surface area (Å²) in [7, 11) is 3.26. The maximum absolute atomic E-state index is 12.4. The molecule has 0 heterocycles. The lowest BCUT2D eigenvalue weighted by atomic mass is 10.2. The quantitative estimate of drug-likeness (QED) is 0.533. The average molecular weight is 399 g/mol. The van der Waals surface area contributed by atoms with Gasteiger partial charge in [-0.15, -0.1) is 0 Å². The molecule has 2 aromatic rings. The summed E-state index contributed by atoms with van der Waals surface area (Å²) < 4.78 is 5.25. The molecule has 0 aliphatic carbocycles. The molecule has 8 nitrogen and oxygen atoms in total. The van der Waals surface area contributed by atoms with Crippen LogP contribution >= 0.6 is 0 Å². The fraction of sp³-hybridized carbons (Fsp3) is 0.286. The SMILES string of the molecule is COc1ccc(NC(C)=O)cc1NC(=O)C[NH+](C)CC(=O)Nc1ccc(C)cc1. The van der Waals surface area contributed by atoms with Crippen LogP contribution in [0.3, 0.4) is 0 Å². The van der Waals surface area contributed by atoms with Crippen LogP contribution in [0, 0.1) is 6.92 Å². The molecule has 3 amide bonds. The number of hydrogen-bond donors (Lipinski definition) is 4. The number of carbonyl (C=O) groups excluding carboxylic acids is 3. The number of ether oxygens (including phenoxy) is 1. The van der Waals surface area contributed by atoms with Gasteiger partial charge in [-0.2, -0.15) is 0 Å². The number of aryl methyl sites for hydroxylation is 1. The lowest BCUT2D eigenvalue weighted by Crippen LogP contribution is -3.11. The van der Waals surface area contributed by atoms with Crippen molar-refractivity contribution < 1.29 is 24.0 Å². The first-order valence-corrected chi connectivity index (χ1v) is 9.20. The predicted molar refractivity (Wildman–Crippen MR) is 112 cm³/mol. The molecule has 0 radical (unpaired) electrons. The zero-order valence-corrected chi connectivity index (χ0v) is 17.1. The lowest BCUT2D eigenvalue weighted by Gasteiger charge is -2.15. The Morgan fingerprint density at radius 1 is 0.897 bits per heavy atom. The van der Waals surface area contributed by atoms with E-state index in [4.69, 9.17) is 4.74 Å². The van der Waals surface area contributed by atoms with Crippen LogP contribution in [0.5, 0.6) is 5.75 Å². The third kappa shape index (κ3) is 7.27. The van der Waals surface area contributed by atoms with Gasteiger partial charge in [0.2, 0.25) is 5.91 Å². The topological polar surface area (TPSA) is 101 Å². The number of amides is 3. The van der Waals surface area contributed by atoms with E-state index in [1.54, 1.807) is 25.2 Å². The molecule has 0 aromatic heterocycles. The van der Waals surface area contributed by atoms with Gasteiger partial charge in [0.25, 0.3) is 11.8 Å². The van der Waals surface area contributed by atoms with Crippen LogP contribution in [0.4, 0.5) is 17.1 Å². The standard InChI is InChI=1S/C21H26N4O4/c1-14-5-7-16(8-6-14)23-20(27)12-25(3)13-21(28)24-18-11-17(22-15(2)26)9-10-19(18)29-4/h5-11H,12-13H2,1-4H3,(H,22,26)(H,23,27)(H,24,28)/p+1. The predicted octanol–water partition coefficient (Wildman–Crippen LogP) is 1.05. The second kappa shape index (κ2) is 10.2. The van der Waals surface area contributed by atoms with Crippen molar-refractivity contribution in [1.82, 2.24) is 0 Å². The summed E-state index contributed by atoms with van der Waals surface area (Å²) >= 11 is 0. The molecule has 2 aromatic carbocycles. The third-order valence-corrected chi connectivity index (χ3v) is 4.05. The maximum Gasteiger partial charge on any atom is 0.279 e. The van der Waals surface area contributed by atoms with Gasteiger partial charge in [-0.25, -0.2) is 0 Å². The van der Waals surface area contributed by atoms with Crippen LogP contribution < -0.4 is 25.6 Å². The Balaban J connectivity index is 1.91. The highest BCUT2D eigenvalue weighted by Gasteiger charge is 2.16. The highest BCUT2D eigenvalue weighted by molar-refractivity contribution is 5.96. The Labute approximate surface area is 170 Å². The Bertz CT molecular complexity index is 881. The molecule has 1 unspecified atom stereocenters. The van der Waals surface area contributed by atoms with Gasteiger partial charge in [0.1, 0.15) is 5.75 Å². The van der Waals surface area contributed by atoms with Crippen molar-refractivity contribution in [1.29, 1.82) is 0 Å². The van der Waals surface area contributed by atoms with E-state index in [0.717, 1.165) is 16.2 Å². The number of anilines is 3. The van der Waals surface area contributed by atoms with Crippen molar-refractivity contribution in [2.75, 3.05) is 43.2 Å². The smallest absolute Gasteiger partial charge is 0.279 e. The molecule has 8 heteroatoms. The number of carbonyl (C=O) groups is 3. The van der Waals surface area contributed by atoms with Crippen molar-refractivity contribution in [3.8, 4) is 5.75 Å². The molecular weight excluding hydrogens is 372 g/mol. The molecule has 0 aliphatic heterocycles. The Morgan fingerprint density at radius 3 is 2.07 bits per heavy atom. The van der Waals surface area contributed by atoms with E-state index in [0.29, 0.717) is 17.1 Å². The van der Waals surface area contributed by atoms with Crippen LogP contribution in [0.15, 0.2) is 42.5 Å². The van der Waals surface area contributed by atoms with E-state index < -0.39 is 0 Å². The van der Waals surface area contributed by atoms with Crippen LogP contribution in [-0.4, -0.2) is 45.0 Å². The summed E-state index contributed by atoms with van der Waals surface area (Å²) in [5.74, 6) is -0.188. The molecule has 1 atom stereocenters. The number of hydrogen-bond acceptors (Lipinski definition) is 4.